The smallest absolute Gasteiger partial charge is 0.219 e. The van der Waals surface area contributed by atoms with E-state index in [4.69, 9.17) is 4.74 Å². The molecule has 1 N–H and O–H groups in total. The van der Waals surface area contributed by atoms with Crippen LogP contribution in [0.3, 0.4) is 0 Å². The van der Waals surface area contributed by atoms with Gasteiger partial charge in [0.25, 0.3) is 0 Å². The minimum atomic E-state index is -0.386. The maximum absolute atomic E-state index is 13.6. The van der Waals surface area contributed by atoms with Gasteiger partial charge in [0, 0.05) is 18.7 Å². The fraction of sp³-hybridized carbons (Fsp3) is 0.312. The molecular formula is C16H19FN2O. The van der Waals surface area contributed by atoms with Crippen LogP contribution in [-0.2, 0) is 6.54 Å². The van der Waals surface area contributed by atoms with E-state index < -0.39 is 0 Å². The quantitative estimate of drug-likeness (QED) is 0.900. The summed E-state index contributed by atoms with van der Waals surface area (Å²) < 4.78 is 19.2. The normalized spacial score (nSPS) is 10.8. The van der Waals surface area contributed by atoms with Gasteiger partial charge in [-0.05, 0) is 30.7 Å². The summed E-state index contributed by atoms with van der Waals surface area (Å²) in [5.41, 5.74) is 1.81. The molecule has 0 bridgehead atoms. The molecule has 0 fully saturated rings. The lowest BCUT2D eigenvalue weighted by atomic mass is 10.2. The fourth-order valence-corrected chi connectivity index (χ4v) is 1.72. The highest BCUT2D eigenvalue weighted by atomic mass is 19.1. The van der Waals surface area contributed by atoms with Crippen molar-refractivity contribution in [2.45, 2.75) is 33.4 Å². The summed E-state index contributed by atoms with van der Waals surface area (Å²) in [6.45, 7) is 6.69. The molecule has 20 heavy (non-hydrogen) atoms. The summed E-state index contributed by atoms with van der Waals surface area (Å²) in [6.07, 6.45) is 0. The first-order chi connectivity index (χ1) is 9.54. The number of benzene rings is 1. The van der Waals surface area contributed by atoms with Crippen molar-refractivity contribution in [3.8, 4) is 11.6 Å². The van der Waals surface area contributed by atoms with Crippen molar-refractivity contribution >= 4 is 0 Å². The van der Waals surface area contributed by atoms with Crippen molar-refractivity contribution in [2.24, 2.45) is 0 Å². The lowest BCUT2D eigenvalue weighted by molar-refractivity contribution is 0.424. The van der Waals surface area contributed by atoms with Crippen molar-refractivity contribution in [3.63, 3.8) is 0 Å². The molecule has 4 heteroatoms. The Morgan fingerprint density at radius 3 is 2.80 bits per heavy atom. The number of nitrogens with zero attached hydrogens (tertiary/aromatic N) is 1. The molecule has 1 heterocycles. The van der Waals surface area contributed by atoms with Gasteiger partial charge < -0.3 is 10.1 Å². The minimum Gasteiger partial charge on any atom is -0.436 e. The van der Waals surface area contributed by atoms with Crippen molar-refractivity contribution in [2.75, 3.05) is 0 Å². The topological polar surface area (TPSA) is 34.1 Å². The Hall–Kier alpha value is -1.94. The van der Waals surface area contributed by atoms with E-state index in [1.165, 1.54) is 6.07 Å². The van der Waals surface area contributed by atoms with Gasteiger partial charge in [0.15, 0.2) is 11.6 Å². The predicted molar refractivity (Wildman–Crippen MR) is 77.4 cm³/mol. The lowest BCUT2D eigenvalue weighted by Crippen LogP contribution is -2.22. The monoisotopic (exact) mass is 274 g/mol. The highest BCUT2D eigenvalue weighted by Crippen LogP contribution is 2.24. The first-order valence-corrected chi connectivity index (χ1v) is 6.68. The zero-order valence-electron chi connectivity index (χ0n) is 12.0. The highest BCUT2D eigenvalue weighted by Gasteiger charge is 2.06. The van der Waals surface area contributed by atoms with Crippen molar-refractivity contribution < 1.29 is 9.13 Å². The Labute approximate surface area is 118 Å². The van der Waals surface area contributed by atoms with E-state index in [2.05, 4.69) is 24.1 Å². The number of rotatable bonds is 5. The van der Waals surface area contributed by atoms with Crippen LogP contribution in [0.1, 0.15) is 25.1 Å². The number of hydrogen-bond acceptors (Lipinski definition) is 3. The van der Waals surface area contributed by atoms with E-state index in [1.54, 1.807) is 18.2 Å². The van der Waals surface area contributed by atoms with Crippen LogP contribution < -0.4 is 10.1 Å². The molecule has 1 aromatic heterocycles. The number of nitrogens with one attached hydrogen (secondary N) is 1. The largest absolute Gasteiger partial charge is 0.436 e. The van der Waals surface area contributed by atoms with E-state index in [-0.39, 0.29) is 11.6 Å². The zero-order chi connectivity index (χ0) is 14.5. The van der Waals surface area contributed by atoms with Crippen LogP contribution in [0.15, 0.2) is 36.4 Å². The average molecular weight is 274 g/mol. The molecule has 0 saturated heterocycles. The summed E-state index contributed by atoms with van der Waals surface area (Å²) in [6, 6.07) is 10.6. The fourth-order valence-electron chi connectivity index (χ4n) is 1.72. The molecular weight excluding hydrogens is 255 g/mol. The number of aryl methyl sites for hydroxylation is 1. The number of aromatic nitrogens is 1. The van der Waals surface area contributed by atoms with Crippen molar-refractivity contribution in [3.05, 3.63) is 53.5 Å². The van der Waals surface area contributed by atoms with Crippen molar-refractivity contribution in [1.29, 1.82) is 0 Å². The summed E-state index contributed by atoms with van der Waals surface area (Å²) in [5.74, 6) is 0.215. The van der Waals surface area contributed by atoms with Gasteiger partial charge in [-0.3, -0.25) is 0 Å². The van der Waals surface area contributed by atoms with Crippen LogP contribution in [-0.4, -0.2) is 11.0 Å². The average Bonchev–Trinajstić information content (AvgIpc) is 2.41. The van der Waals surface area contributed by atoms with Crippen LogP contribution >= 0.6 is 0 Å². The molecule has 3 nitrogen and oxygen atoms in total. The summed E-state index contributed by atoms with van der Waals surface area (Å²) in [5, 5.41) is 3.28. The van der Waals surface area contributed by atoms with Crippen LogP contribution in [0.25, 0.3) is 0 Å². The Bertz CT molecular complexity index is 584. The third-order valence-corrected chi connectivity index (χ3v) is 2.77. The Balaban J connectivity index is 2.13. The van der Waals surface area contributed by atoms with Crippen LogP contribution in [0.5, 0.6) is 11.6 Å². The standard InChI is InChI=1S/C16H19FN2O/c1-11(2)18-10-13-5-4-6-16(19-13)20-15-9-12(3)7-8-14(15)17/h4-9,11,18H,10H2,1-3H3. The summed E-state index contributed by atoms with van der Waals surface area (Å²) in [7, 11) is 0. The third kappa shape index (κ3) is 4.03. The second-order valence-electron chi connectivity index (χ2n) is 5.04. The Morgan fingerprint density at radius 2 is 2.05 bits per heavy atom. The summed E-state index contributed by atoms with van der Waals surface area (Å²) >= 11 is 0. The molecule has 0 radical (unpaired) electrons. The minimum absolute atomic E-state index is 0.200. The maximum Gasteiger partial charge on any atom is 0.219 e. The molecule has 0 aliphatic rings. The number of hydrogen-bond donors (Lipinski definition) is 1. The van der Waals surface area contributed by atoms with Crippen LogP contribution in [0.4, 0.5) is 4.39 Å². The molecule has 0 atom stereocenters. The SMILES string of the molecule is Cc1ccc(F)c(Oc2cccc(CNC(C)C)n2)c1. The number of pyridine rings is 1. The van der Waals surface area contributed by atoms with Crippen molar-refractivity contribution in [1.82, 2.24) is 10.3 Å². The van der Waals surface area contributed by atoms with E-state index in [0.29, 0.717) is 18.5 Å². The molecule has 0 spiro atoms. The first-order valence-electron chi connectivity index (χ1n) is 6.68. The maximum atomic E-state index is 13.6. The van der Waals surface area contributed by atoms with Gasteiger partial charge in [0.05, 0.1) is 5.69 Å². The van der Waals surface area contributed by atoms with Gasteiger partial charge in [-0.25, -0.2) is 9.37 Å². The second-order valence-corrected chi connectivity index (χ2v) is 5.04. The zero-order valence-corrected chi connectivity index (χ0v) is 12.0. The van der Waals surface area contributed by atoms with Gasteiger partial charge in [0.1, 0.15) is 0 Å². The molecule has 0 amide bonds. The molecule has 2 rings (SSSR count). The van der Waals surface area contributed by atoms with Gasteiger partial charge in [-0.1, -0.05) is 26.0 Å². The van der Waals surface area contributed by atoms with E-state index in [9.17, 15) is 4.39 Å². The third-order valence-electron chi connectivity index (χ3n) is 2.77. The molecule has 0 saturated carbocycles. The molecule has 0 aliphatic carbocycles. The van der Waals surface area contributed by atoms with Gasteiger partial charge in [-0.2, -0.15) is 0 Å². The Morgan fingerprint density at radius 1 is 1.25 bits per heavy atom. The van der Waals surface area contributed by atoms with Gasteiger partial charge >= 0.3 is 0 Å². The van der Waals surface area contributed by atoms with Gasteiger partial charge in [-0.15, -0.1) is 0 Å². The van der Waals surface area contributed by atoms with E-state index >= 15 is 0 Å². The Kier molecular flexibility index (Phi) is 4.69. The van der Waals surface area contributed by atoms with Crippen LogP contribution in [0.2, 0.25) is 0 Å². The lowest BCUT2D eigenvalue weighted by Gasteiger charge is -2.10. The van der Waals surface area contributed by atoms with E-state index in [1.807, 2.05) is 19.1 Å². The molecule has 106 valence electrons. The number of ether oxygens (including phenoxy) is 1. The molecule has 0 aliphatic heterocycles. The second kappa shape index (κ2) is 6.48. The molecule has 1 aromatic carbocycles. The van der Waals surface area contributed by atoms with E-state index in [0.717, 1.165) is 11.3 Å². The molecule has 2 aromatic rings. The van der Waals surface area contributed by atoms with Crippen LogP contribution in [0, 0.1) is 12.7 Å². The highest BCUT2D eigenvalue weighted by molar-refractivity contribution is 5.32. The predicted octanol–water partition coefficient (Wildman–Crippen LogP) is 3.82. The molecule has 0 unspecified atom stereocenters. The van der Waals surface area contributed by atoms with Gasteiger partial charge in [0.2, 0.25) is 5.88 Å². The first kappa shape index (κ1) is 14.5. The number of halogens is 1. The summed E-state index contributed by atoms with van der Waals surface area (Å²) in [4.78, 5) is 4.36.